The lowest BCUT2D eigenvalue weighted by atomic mass is 9.95. The van der Waals surface area contributed by atoms with Gasteiger partial charge >= 0.3 is 0 Å². The van der Waals surface area contributed by atoms with Gasteiger partial charge in [0.05, 0.1) is 17.8 Å². The average molecular weight is 433 g/mol. The molecule has 2 aliphatic rings. The number of nitrogens with one attached hydrogen (secondary N) is 1. The van der Waals surface area contributed by atoms with E-state index in [0.29, 0.717) is 6.04 Å². The molecule has 2 aromatic heterocycles. The topological polar surface area (TPSA) is 53.3 Å². The summed E-state index contributed by atoms with van der Waals surface area (Å²) in [4.78, 5) is 7.12. The van der Waals surface area contributed by atoms with Crippen LogP contribution in [0.2, 0.25) is 0 Å². The van der Waals surface area contributed by atoms with Gasteiger partial charge in [-0.15, -0.1) is 0 Å². The summed E-state index contributed by atoms with van der Waals surface area (Å²) >= 11 is 5.87. The monoisotopic (exact) mass is 432 g/mol. The summed E-state index contributed by atoms with van der Waals surface area (Å²) in [7, 11) is 0. The molecular weight excluding hydrogens is 404 g/mol. The maximum Gasteiger partial charge on any atom is 0.170 e. The number of phenols is 1. The highest BCUT2D eigenvalue weighted by Gasteiger charge is 2.44. The summed E-state index contributed by atoms with van der Waals surface area (Å²) in [6, 6.07) is 16.4. The standard InChI is InChI=1S/C25H28N4OS/c1-16-15-21(17(2)28(16)19-10-12-20(30)13-11-19)24-23(22-9-5-6-14-26-22)27-25(31)29(24)18-7-3-4-8-18/h5-6,9-15,18,23-24,30H,3-4,7-8H2,1-2H3,(H,27,31)/t23-,24+/m1/s1. The molecular formula is C25H28N4OS. The van der Waals surface area contributed by atoms with Crippen molar-refractivity contribution < 1.29 is 5.11 Å². The van der Waals surface area contributed by atoms with Gasteiger partial charge in [-0.1, -0.05) is 18.9 Å². The third-order valence-corrected chi connectivity index (χ3v) is 7.08. The van der Waals surface area contributed by atoms with Crippen molar-refractivity contribution in [3.63, 3.8) is 0 Å². The second-order valence-corrected chi connectivity index (χ2v) is 9.04. The molecule has 1 saturated heterocycles. The molecule has 0 bridgehead atoms. The first-order chi connectivity index (χ1) is 15.0. The van der Waals surface area contributed by atoms with Crippen LogP contribution in [0.4, 0.5) is 0 Å². The lowest BCUT2D eigenvalue weighted by molar-refractivity contribution is 0.245. The number of aromatic hydroxyl groups is 1. The van der Waals surface area contributed by atoms with Gasteiger partial charge < -0.3 is 19.9 Å². The number of rotatable bonds is 4. The maximum atomic E-state index is 9.72. The van der Waals surface area contributed by atoms with Crippen molar-refractivity contribution in [1.29, 1.82) is 0 Å². The summed E-state index contributed by atoms with van der Waals surface area (Å²) in [5.41, 5.74) is 5.71. The fraction of sp³-hybridized carbons (Fsp3) is 0.360. The number of hydrogen-bond donors (Lipinski definition) is 2. The number of pyridine rings is 1. The predicted octanol–water partition coefficient (Wildman–Crippen LogP) is 5.11. The maximum absolute atomic E-state index is 9.72. The Balaban J connectivity index is 1.63. The van der Waals surface area contributed by atoms with Crippen molar-refractivity contribution in [3.05, 3.63) is 77.4 Å². The van der Waals surface area contributed by atoms with Gasteiger partial charge in [-0.05, 0) is 86.9 Å². The molecule has 1 aliphatic carbocycles. The van der Waals surface area contributed by atoms with Gasteiger partial charge in [0.25, 0.3) is 0 Å². The molecule has 0 radical (unpaired) electrons. The van der Waals surface area contributed by atoms with E-state index in [1.54, 1.807) is 12.1 Å². The zero-order valence-electron chi connectivity index (χ0n) is 18.0. The van der Waals surface area contributed by atoms with Gasteiger partial charge in [0.15, 0.2) is 5.11 Å². The van der Waals surface area contributed by atoms with Crippen LogP contribution in [0.5, 0.6) is 5.75 Å². The van der Waals surface area contributed by atoms with Gasteiger partial charge in [0.1, 0.15) is 5.75 Å². The first kappa shape index (κ1) is 20.1. The van der Waals surface area contributed by atoms with Crippen molar-refractivity contribution in [2.75, 3.05) is 0 Å². The van der Waals surface area contributed by atoms with Crippen LogP contribution in [0.25, 0.3) is 5.69 Å². The molecule has 0 spiro atoms. The van der Waals surface area contributed by atoms with Crippen molar-refractivity contribution in [1.82, 2.24) is 19.8 Å². The molecule has 160 valence electrons. The Morgan fingerprint density at radius 2 is 1.81 bits per heavy atom. The Bertz CT molecular complexity index is 1090. The molecule has 2 N–H and O–H groups in total. The lowest BCUT2D eigenvalue weighted by Crippen LogP contribution is -2.37. The molecule has 3 aromatic rings. The van der Waals surface area contributed by atoms with E-state index >= 15 is 0 Å². The van der Waals surface area contributed by atoms with Crippen LogP contribution in [-0.2, 0) is 0 Å². The van der Waals surface area contributed by atoms with Crippen LogP contribution in [0.15, 0.2) is 54.7 Å². The van der Waals surface area contributed by atoms with E-state index in [1.165, 1.54) is 42.6 Å². The van der Waals surface area contributed by atoms with Crippen LogP contribution >= 0.6 is 12.2 Å². The van der Waals surface area contributed by atoms with Crippen LogP contribution in [0.1, 0.15) is 60.4 Å². The molecule has 2 atom stereocenters. The Hall–Kier alpha value is -2.86. The van der Waals surface area contributed by atoms with E-state index in [9.17, 15) is 5.11 Å². The fourth-order valence-corrected chi connectivity index (χ4v) is 5.75. The summed E-state index contributed by atoms with van der Waals surface area (Å²) in [6.07, 6.45) is 6.75. The first-order valence-electron chi connectivity index (χ1n) is 11.0. The van der Waals surface area contributed by atoms with Crippen molar-refractivity contribution in [2.24, 2.45) is 0 Å². The third kappa shape index (κ3) is 3.49. The molecule has 3 heterocycles. The number of benzene rings is 1. The third-order valence-electron chi connectivity index (χ3n) is 6.75. The smallest absolute Gasteiger partial charge is 0.170 e. The molecule has 2 fully saturated rings. The summed E-state index contributed by atoms with van der Waals surface area (Å²) in [5.74, 6) is 0.277. The molecule has 31 heavy (non-hydrogen) atoms. The SMILES string of the molecule is Cc1cc([C@H]2[C@@H](c3ccccn3)NC(=S)N2C2CCCC2)c(C)n1-c1ccc(O)cc1. The van der Waals surface area contributed by atoms with Crippen LogP contribution < -0.4 is 5.32 Å². The largest absolute Gasteiger partial charge is 0.508 e. The van der Waals surface area contributed by atoms with Crippen molar-refractivity contribution >= 4 is 17.3 Å². The van der Waals surface area contributed by atoms with Gasteiger partial charge in [-0.3, -0.25) is 4.98 Å². The molecule has 1 aromatic carbocycles. The minimum atomic E-state index is 0.0167. The zero-order valence-corrected chi connectivity index (χ0v) is 18.8. The van der Waals surface area contributed by atoms with Gasteiger partial charge in [-0.25, -0.2) is 0 Å². The van der Waals surface area contributed by atoms with E-state index < -0.39 is 0 Å². The molecule has 6 heteroatoms. The fourth-order valence-electron chi connectivity index (χ4n) is 5.36. The van der Waals surface area contributed by atoms with E-state index in [2.05, 4.69) is 45.7 Å². The Morgan fingerprint density at radius 3 is 2.48 bits per heavy atom. The van der Waals surface area contributed by atoms with Gasteiger partial charge in [0.2, 0.25) is 0 Å². The normalized spacial score (nSPS) is 21.6. The lowest BCUT2D eigenvalue weighted by Gasteiger charge is -2.33. The molecule has 5 nitrogen and oxygen atoms in total. The van der Waals surface area contributed by atoms with E-state index in [-0.39, 0.29) is 17.8 Å². The van der Waals surface area contributed by atoms with Crippen LogP contribution in [-0.4, -0.2) is 30.7 Å². The minimum Gasteiger partial charge on any atom is -0.508 e. The second kappa shape index (κ2) is 8.00. The molecule has 5 rings (SSSR count). The second-order valence-electron chi connectivity index (χ2n) is 8.65. The summed E-state index contributed by atoms with van der Waals surface area (Å²) in [6.45, 7) is 4.32. The number of thiocarbonyl (C=S) groups is 1. The van der Waals surface area contributed by atoms with Crippen LogP contribution in [0.3, 0.4) is 0 Å². The molecule has 0 amide bonds. The molecule has 1 saturated carbocycles. The summed E-state index contributed by atoms with van der Waals surface area (Å²) < 4.78 is 2.26. The number of aryl methyl sites for hydroxylation is 1. The van der Waals surface area contributed by atoms with Crippen LogP contribution in [0, 0.1) is 13.8 Å². The highest BCUT2D eigenvalue weighted by molar-refractivity contribution is 7.80. The number of hydrogen-bond acceptors (Lipinski definition) is 3. The quantitative estimate of drug-likeness (QED) is 0.561. The van der Waals surface area contributed by atoms with Crippen molar-refractivity contribution in [3.8, 4) is 11.4 Å². The van der Waals surface area contributed by atoms with E-state index in [4.69, 9.17) is 12.2 Å². The van der Waals surface area contributed by atoms with Crippen molar-refractivity contribution in [2.45, 2.75) is 57.7 Å². The molecule has 0 unspecified atom stereocenters. The number of nitrogens with zero attached hydrogens (tertiary/aromatic N) is 3. The molecule has 1 aliphatic heterocycles. The van der Waals surface area contributed by atoms with E-state index in [1.807, 2.05) is 30.5 Å². The number of aromatic nitrogens is 2. The zero-order chi connectivity index (χ0) is 21.5. The highest BCUT2D eigenvalue weighted by Crippen LogP contribution is 2.44. The first-order valence-corrected chi connectivity index (χ1v) is 11.4. The summed E-state index contributed by atoms with van der Waals surface area (Å²) in [5, 5.41) is 14.2. The highest BCUT2D eigenvalue weighted by atomic mass is 32.1. The predicted molar refractivity (Wildman–Crippen MR) is 126 cm³/mol. The average Bonchev–Trinajstić information content (AvgIpc) is 3.48. The number of phenolic OH excluding ortho intramolecular Hbond substituents is 1. The van der Waals surface area contributed by atoms with Gasteiger partial charge in [-0.2, -0.15) is 0 Å². The Labute approximate surface area is 188 Å². The minimum absolute atomic E-state index is 0.0167. The Kier molecular flexibility index (Phi) is 5.18. The van der Waals surface area contributed by atoms with E-state index in [0.717, 1.165) is 16.5 Å². The Morgan fingerprint density at radius 1 is 1.06 bits per heavy atom. The van der Waals surface area contributed by atoms with Gasteiger partial charge in [0, 0.05) is 29.3 Å².